The second-order valence-electron chi connectivity index (χ2n) is 5.63. The minimum Gasteiger partial charge on any atom is -0.392 e. The van der Waals surface area contributed by atoms with Crippen LogP contribution in [0.3, 0.4) is 0 Å². The summed E-state index contributed by atoms with van der Waals surface area (Å²) in [5.74, 6) is -1.09. The summed E-state index contributed by atoms with van der Waals surface area (Å²) in [4.78, 5) is 27.1. The Morgan fingerprint density at radius 1 is 1.44 bits per heavy atom. The number of carbonyl (C=O) groups is 2. The van der Waals surface area contributed by atoms with Gasteiger partial charge in [-0.05, 0) is 40.8 Å². The topological polar surface area (TPSA) is 69.6 Å². The molecule has 0 saturated carbocycles. The Morgan fingerprint density at radius 3 is 3.00 bits per heavy atom. The molecule has 2 heterocycles. The number of nitrogens with one attached hydrogen (secondary N) is 1. The van der Waals surface area contributed by atoms with Gasteiger partial charge in [0.25, 0.3) is 0 Å². The van der Waals surface area contributed by atoms with E-state index in [0.717, 1.165) is 10.4 Å². The smallest absolute Gasteiger partial charge is 0.247 e. The maximum absolute atomic E-state index is 13.5. The molecule has 1 aliphatic heterocycles. The van der Waals surface area contributed by atoms with Gasteiger partial charge in [0, 0.05) is 24.0 Å². The Morgan fingerprint density at radius 2 is 2.28 bits per heavy atom. The van der Waals surface area contributed by atoms with Gasteiger partial charge in [0.1, 0.15) is 11.9 Å². The number of carbonyl (C=O) groups excluding carboxylic acids is 2. The lowest BCUT2D eigenvalue weighted by molar-refractivity contribution is -0.140. The summed E-state index contributed by atoms with van der Waals surface area (Å²) in [5, 5.41) is 13.6. The van der Waals surface area contributed by atoms with Crippen LogP contribution in [-0.4, -0.2) is 34.9 Å². The van der Waals surface area contributed by atoms with Crippen LogP contribution < -0.4 is 5.32 Å². The molecule has 2 N–H and O–H groups in total. The molecule has 25 heavy (non-hydrogen) atoms. The van der Waals surface area contributed by atoms with Crippen LogP contribution in [0.5, 0.6) is 0 Å². The third-order valence-corrected chi connectivity index (χ3v) is 4.85. The van der Waals surface area contributed by atoms with Crippen molar-refractivity contribution in [1.29, 1.82) is 0 Å². The summed E-state index contributed by atoms with van der Waals surface area (Å²) in [6.07, 6.45) is 3.05. The van der Waals surface area contributed by atoms with E-state index in [1.165, 1.54) is 40.5 Å². The second kappa shape index (κ2) is 7.58. The SMILES string of the molecule is O=C1NCCN(C(=O)/C=C/c2cc(CO)cs2)C1c1cccc(F)c1. The third-order valence-electron chi connectivity index (χ3n) is 3.91. The Balaban J connectivity index is 1.82. The molecule has 1 atom stereocenters. The predicted molar refractivity (Wildman–Crippen MR) is 93.1 cm³/mol. The largest absolute Gasteiger partial charge is 0.392 e. The van der Waals surface area contributed by atoms with Crippen molar-refractivity contribution >= 4 is 29.2 Å². The molecule has 1 aliphatic rings. The first-order chi connectivity index (χ1) is 12.1. The van der Waals surface area contributed by atoms with E-state index in [1.54, 1.807) is 18.2 Å². The van der Waals surface area contributed by atoms with Gasteiger partial charge in [-0.15, -0.1) is 11.3 Å². The average molecular weight is 360 g/mol. The number of halogens is 1. The van der Waals surface area contributed by atoms with E-state index in [9.17, 15) is 14.0 Å². The van der Waals surface area contributed by atoms with Crippen molar-refractivity contribution in [2.45, 2.75) is 12.6 Å². The number of benzene rings is 1. The zero-order chi connectivity index (χ0) is 17.8. The van der Waals surface area contributed by atoms with E-state index in [0.29, 0.717) is 18.7 Å². The fraction of sp³-hybridized carbons (Fsp3) is 0.222. The molecule has 2 aromatic rings. The molecule has 1 unspecified atom stereocenters. The van der Waals surface area contributed by atoms with E-state index < -0.39 is 11.9 Å². The number of amides is 2. The zero-order valence-corrected chi connectivity index (χ0v) is 14.1. The van der Waals surface area contributed by atoms with Crippen molar-refractivity contribution in [2.24, 2.45) is 0 Å². The highest BCUT2D eigenvalue weighted by Crippen LogP contribution is 2.25. The summed E-state index contributed by atoms with van der Waals surface area (Å²) >= 11 is 1.42. The van der Waals surface area contributed by atoms with Crippen molar-refractivity contribution in [3.05, 3.63) is 63.6 Å². The lowest BCUT2D eigenvalue weighted by atomic mass is 10.0. The van der Waals surface area contributed by atoms with E-state index in [2.05, 4.69) is 5.32 Å². The lowest BCUT2D eigenvalue weighted by Crippen LogP contribution is -2.51. The maximum Gasteiger partial charge on any atom is 0.247 e. The van der Waals surface area contributed by atoms with Crippen molar-refractivity contribution < 1.29 is 19.1 Å². The van der Waals surface area contributed by atoms with E-state index in [1.807, 2.05) is 5.38 Å². The standard InChI is InChI=1S/C18H17FN2O3S/c19-14-3-1-2-13(9-14)17-18(24)20-6-7-21(17)16(23)5-4-15-8-12(10-22)11-25-15/h1-5,8-9,11,17,22H,6-7,10H2,(H,20,24)/b5-4+. The van der Waals surface area contributed by atoms with Gasteiger partial charge in [-0.2, -0.15) is 0 Å². The Kier molecular flexibility index (Phi) is 5.25. The first-order valence-electron chi connectivity index (χ1n) is 7.78. The summed E-state index contributed by atoms with van der Waals surface area (Å²) in [5.41, 5.74) is 1.23. The average Bonchev–Trinajstić information content (AvgIpc) is 3.07. The molecule has 0 spiro atoms. The molecular weight excluding hydrogens is 343 g/mol. The molecule has 0 aliphatic carbocycles. The number of thiophene rings is 1. The molecule has 1 aromatic carbocycles. The number of piperazine rings is 1. The van der Waals surface area contributed by atoms with Crippen molar-refractivity contribution in [3.63, 3.8) is 0 Å². The van der Waals surface area contributed by atoms with Gasteiger partial charge in [0.15, 0.2) is 0 Å². The first-order valence-corrected chi connectivity index (χ1v) is 8.66. The Hall–Kier alpha value is -2.51. The number of hydrogen-bond donors (Lipinski definition) is 2. The van der Waals surface area contributed by atoms with E-state index >= 15 is 0 Å². The first kappa shape index (κ1) is 17.3. The molecule has 0 radical (unpaired) electrons. The maximum atomic E-state index is 13.5. The highest BCUT2D eigenvalue weighted by Gasteiger charge is 2.33. The molecule has 1 aromatic heterocycles. The van der Waals surface area contributed by atoms with Crippen LogP contribution >= 0.6 is 11.3 Å². The van der Waals surface area contributed by atoms with Gasteiger partial charge in [-0.25, -0.2) is 4.39 Å². The van der Waals surface area contributed by atoms with Gasteiger partial charge in [-0.1, -0.05) is 12.1 Å². The van der Waals surface area contributed by atoms with Crippen LogP contribution in [-0.2, 0) is 16.2 Å². The number of aliphatic hydroxyl groups is 1. The minimum atomic E-state index is -0.849. The molecule has 1 saturated heterocycles. The van der Waals surface area contributed by atoms with Gasteiger partial charge in [-0.3, -0.25) is 9.59 Å². The van der Waals surface area contributed by atoms with Crippen LogP contribution in [0.15, 0.2) is 41.8 Å². The van der Waals surface area contributed by atoms with Gasteiger partial charge >= 0.3 is 0 Å². The van der Waals surface area contributed by atoms with Crippen molar-refractivity contribution in [3.8, 4) is 0 Å². The normalized spacial score (nSPS) is 17.8. The van der Waals surface area contributed by atoms with Crippen molar-refractivity contribution in [2.75, 3.05) is 13.1 Å². The summed E-state index contributed by atoms with van der Waals surface area (Å²) in [7, 11) is 0. The minimum absolute atomic E-state index is 0.0494. The fourth-order valence-electron chi connectivity index (χ4n) is 2.73. The number of rotatable bonds is 4. The van der Waals surface area contributed by atoms with E-state index in [4.69, 9.17) is 5.11 Å². The predicted octanol–water partition coefficient (Wildman–Crippen LogP) is 2.09. The van der Waals surface area contributed by atoms with Crippen molar-refractivity contribution in [1.82, 2.24) is 10.2 Å². The Labute approximate surface area is 148 Å². The van der Waals surface area contributed by atoms with E-state index in [-0.39, 0.29) is 18.4 Å². The summed E-state index contributed by atoms with van der Waals surface area (Å²) < 4.78 is 13.5. The molecule has 3 rings (SSSR count). The highest BCUT2D eigenvalue weighted by molar-refractivity contribution is 7.11. The van der Waals surface area contributed by atoms with Crippen LogP contribution in [0.4, 0.5) is 4.39 Å². The monoisotopic (exact) mass is 360 g/mol. The Bertz CT molecular complexity index is 818. The quantitative estimate of drug-likeness (QED) is 0.821. The highest BCUT2D eigenvalue weighted by atomic mass is 32.1. The summed E-state index contributed by atoms with van der Waals surface area (Å²) in [6, 6.07) is 6.67. The van der Waals surface area contributed by atoms with Crippen LogP contribution in [0, 0.1) is 5.82 Å². The number of nitrogens with zero attached hydrogens (tertiary/aromatic N) is 1. The number of hydrogen-bond acceptors (Lipinski definition) is 4. The molecule has 5 nitrogen and oxygen atoms in total. The lowest BCUT2D eigenvalue weighted by Gasteiger charge is -2.34. The molecular formula is C18H17FN2O3S. The third kappa shape index (κ3) is 3.94. The summed E-state index contributed by atoms with van der Waals surface area (Å²) in [6.45, 7) is 0.659. The van der Waals surface area contributed by atoms with Crippen LogP contribution in [0.25, 0.3) is 6.08 Å². The second-order valence-corrected chi connectivity index (χ2v) is 6.57. The zero-order valence-electron chi connectivity index (χ0n) is 13.3. The van der Waals surface area contributed by atoms with Gasteiger partial charge in [0.05, 0.1) is 6.61 Å². The molecule has 0 bridgehead atoms. The molecule has 1 fully saturated rings. The van der Waals surface area contributed by atoms with Crippen LogP contribution in [0.2, 0.25) is 0 Å². The molecule has 7 heteroatoms. The van der Waals surface area contributed by atoms with Gasteiger partial charge < -0.3 is 15.3 Å². The molecule has 130 valence electrons. The number of aliphatic hydroxyl groups excluding tert-OH is 1. The van der Waals surface area contributed by atoms with Crippen LogP contribution in [0.1, 0.15) is 22.0 Å². The molecule has 2 amide bonds. The van der Waals surface area contributed by atoms with Gasteiger partial charge in [0.2, 0.25) is 11.8 Å². The fourth-order valence-corrected chi connectivity index (χ4v) is 3.52.